The van der Waals surface area contributed by atoms with Crippen molar-refractivity contribution >= 4 is 17.0 Å². The predicted octanol–water partition coefficient (Wildman–Crippen LogP) is 1.49. The SMILES string of the molecule is CC1(C)O[C@@H]2[C@H](O1)C(/C=C/C#N)=C[C@H]2n1cnc2c(N)ncnc21. The van der Waals surface area contributed by atoms with Crippen molar-refractivity contribution in [2.24, 2.45) is 0 Å². The number of rotatable bonds is 2. The van der Waals surface area contributed by atoms with Crippen LogP contribution < -0.4 is 5.73 Å². The van der Waals surface area contributed by atoms with Crippen LogP contribution >= 0.6 is 0 Å². The van der Waals surface area contributed by atoms with E-state index in [1.165, 1.54) is 12.4 Å². The summed E-state index contributed by atoms with van der Waals surface area (Å²) in [5.41, 5.74) is 7.97. The van der Waals surface area contributed by atoms with Crippen molar-refractivity contribution in [3.05, 3.63) is 36.5 Å². The van der Waals surface area contributed by atoms with Crippen molar-refractivity contribution in [3.8, 4) is 6.07 Å². The quantitative estimate of drug-likeness (QED) is 0.833. The van der Waals surface area contributed by atoms with Crippen LogP contribution in [0.3, 0.4) is 0 Å². The van der Waals surface area contributed by atoms with E-state index in [1.54, 1.807) is 12.4 Å². The summed E-state index contributed by atoms with van der Waals surface area (Å²) >= 11 is 0. The highest BCUT2D eigenvalue weighted by atomic mass is 16.8. The zero-order valence-electron chi connectivity index (χ0n) is 13.2. The molecule has 2 N–H and O–H groups in total. The molecular weight excluding hydrogens is 308 g/mol. The van der Waals surface area contributed by atoms with Gasteiger partial charge in [-0.05, 0) is 25.5 Å². The number of fused-ring (bicyclic) bond motifs is 2. The van der Waals surface area contributed by atoms with Crippen LogP contribution in [0.5, 0.6) is 0 Å². The molecule has 0 aromatic carbocycles. The Morgan fingerprint density at radius 1 is 1.33 bits per heavy atom. The molecule has 2 aliphatic rings. The van der Waals surface area contributed by atoms with Gasteiger partial charge in [0.1, 0.15) is 24.1 Å². The van der Waals surface area contributed by atoms with Crippen LogP contribution in [0, 0.1) is 11.3 Å². The minimum absolute atomic E-state index is 0.158. The van der Waals surface area contributed by atoms with Gasteiger partial charge in [-0.25, -0.2) is 15.0 Å². The van der Waals surface area contributed by atoms with Gasteiger partial charge in [-0.1, -0.05) is 6.08 Å². The number of anilines is 1. The standard InChI is InChI=1S/C16H16N6O2/c1-16(2)23-12-9(4-3-5-17)6-10(13(12)24-16)22-8-21-11-14(18)19-7-20-15(11)22/h3-4,6-8,10,12-13H,1-2H3,(H2,18,19,20)/b4-3+/t10-,12-,13+/m1/s1. The summed E-state index contributed by atoms with van der Waals surface area (Å²) in [5, 5.41) is 8.81. The van der Waals surface area contributed by atoms with Gasteiger partial charge in [-0.3, -0.25) is 0 Å². The molecule has 8 nitrogen and oxygen atoms in total. The molecule has 1 aliphatic heterocycles. The van der Waals surface area contributed by atoms with Crippen LogP contribution in [0.1, 0.15) is 19.9 Å². The van der Waals surface area contributed by atoms with Gasteiger partial charge in [-0.15, -0.1) is 0 Å². The fourth-order valence-corrected chi connectivity index (χ4v) is 3.29. The Hall–Kier alpha value is -2.76. The van der Waals surface area contributed by atoms with Crippen molar-refractivity contribution in [3.63, 3.8) is 0 Å². The van der Waals surface area contributed by atoms with Gasteiger partial charge >= 0.3 is 0 Å². The number of imidazole rings is 1. The molecule has 3 atom stereocenters. The molecule has 2 aromatic heterocycles. The molecule has 0 unspecified atom stereocenters. The Kier molecular flexibility index (Phi) is 3.16. The predicted molar refractivity (Wildman–Crippen MR) is 85.4 cm³/mol. The molecule has 0 bridgehead atoms. The van der Waals surface area contributed by atoms with Crippen molar-refractivity contribution in [2.45, 2.75) is 37.9 Å². The lowest BCUT2D eigenvalue weighted by Crippen LogP contribution is -2.27. The normalized spacial score (nSPS) is 28.2. The number of nitrogen functional groups attached to an aromatic ring is 1. The van der Waals surface area contributed by atoms with E-state index in [4.69, 9.17) is 20.5 Å². The molecule has 0 amide bonds. The van der Waals surface area contributed by atoms with Gasteiger partial charge < -0.3 is 19.8 Å². The first-order valence-electron chi connectivity index (χ1n) is 7.57. The number of allylic oxidation sites excluding steroid dienone is 1. The third kappa shape index (κ3) is 2.18. The van der Waals surface area contributed by atoms with Crippen LogP contribution in [-0.4, -0.2) is 37.5 Å². The van der Waals surface area contributed by atoms with Gasteiger partial charge in [0.05, 0.1) is 18.4 Å². The maximum Gasteiger partial charge on any atom is 0.166 e. The Labute approximate surface area is 138 Å². The zero-order valence-corrected chi connectivity index (χ0v) is 13.2. The second-order valence-corrected chi connectivity index (χ2v) is 6.22. The molecule has 4 rings (SSSR count). The lowest BCUT2D eigenvalue weighted by molar-refractivity contribution is -0.147. The van der Waals surface area contributed by atoms with Crippen LogP contribution in [0.15, 0.2) is 36.5 Å². The Bertz CT molecular complexity index is 907. The van der Waals surface area contributed by atoms with Crippen LogP contribution in [0.25, 0.3) is 11.2 Å². The van der Waals surface area contributed by atoms with E-state index in [-0.39, 0.29) is 18.2 Å². The molecule has 3 heterocycles. The van der Waals surface area contributed by atoms with Gasteiger partial charge in [0.25, 0.3) is 0 Å². The van der Waals surface area contributed by atoms with Gasteiger partial charge in [0.15, 0.2) is 17.3 Å². The van der Waals surface area contributed by atoms with Crippen molar-refractivity contribution in [1.29, 1.82) is 5.26 Å². The fourth-order valence-electron chi connectivity index (χ4n) is 3.29. The van der Waals surface area contributed by atoms with E-state index in [0.717, 1.165) is 5.57 Å². The van der Waals surface area contributed by atoms with Crippen molar-refractivity contribution in [2.75, 3.05) is 5.73 Å². The second kappa shape index (κ2) is 5.12. The summed E-state index contributed by atoms with van der Waals surface area (Å²) in [6.45, 7) is 3.75. The maximum atomic E-state index is 8.81. The smallest absolute Gasteiger partial charge is 0.166 e. The summed E-state index contributed by atoms with van der Waals surface area (Å²) in [6.07, 6.45) is 7.82. The third-order valence-electron chi connectivity index (χ3n) is 4.22. The lowest BCUT2D eigenvalue weighted by Gasteiger charge is -2.21. The number of hydrogen-bond acceptors (Lipinski definition) is 7. The molecule has 8 heteroatoms. The number of aromatic nitrogens is 4. The minimum Gasteiger partial charge on any atom is -0.382 e. The van der Waals surface area contributed by atoms with Crippen molar-refractivity contribution < 1.29 is 9.47 Å². The zero-order chi connectivity index (χ0) is 16.9. The van der Waals surface area contributed by atoms with Crippen LogP contribution in [0.2, 0.25) is 0 Å². The second-order valence-electron chi connectivity index (χ2n) is 6.22. The first kappa shape index (κ1) is 14.8. The largest absolute Gasteiger partial charge is 0.382 e. The molecule has 1 saturated heterocycles. The van der Waals surface area contributed by atoms with E-state index >= 15 is 0 Å². The average molecular weight is 324 g/mol. The molecule has 24 heavy (non-hydrogen) atoms. The van der Waals surface area contributed by atoms with E-state index in [1.807, 2.05) is 30.6 Å². The maximum absolute atomic E-state index is 8.81. The van der Waals surface area contributed by atoms with Crippen LogP contribution in [-0.2, 0) is 9.47 Å². The molecule has 2 aromatic rings. The number of nitrogens with zero attached hydrogens (tertiary/aromatic N) is 5. The van der Waals surface area contributed by atoms with E-state index in [2.05, 4.69) is 15.0 Å². The van der Waals surface area contributed by atoms with Gasteiger partial charge in [0.2, 0.25) is 0 Å². The number of ether oxygens (including phenoxy) is 2. The number of hydrogen-bond donors (Lipinski definition) is 1. The molecular formula is C16H16N6O2. The summed E-state index contributed by atoms with van der Waals surface area (Å²) in [7, 11) is 0. The van der Waals surface area contributed by atoms with Gasteiger partial charge in [-0.2, -0.15) is 5.26 Å². The van der Waals surface area contributed by atoms with Crippen molar-refractivity contribution in [1.82, 2.24) is 19.5 Å². The summed E-state index contributed by atoms with van der Waals surface area (Å²) in [5.74, 6) is -0.358. The average Bonchev–Trinajstić information content (AvgIpc) is 3.17. The van der Waals surface area contributed by atoms with E-state index in [9.17, 15) is 0 Å². The molecule has 0 radical (unpaired) electrons. The highest BCUT2D eigenvalue weighted by Crippen LogP contribution is 2.44. The fraction of sp³-hybridized carbons (Fsp3) is 0.375. The summed E-state index contributed by atoms with van der Waals surface area (Å²) in [6, 6.07) is 1.85. The minimum atomic E-state index is -0.696. The molecule has 1 aliphatic carbocycles. The molecule has 1 fully saturated rings. The first-order chi connectivity index (χ1) is 11.5. The van der Waals surface area contributed by atoms with Crippen LogP contribution in [0.4, 0.5) is 5.82 Å². The Morgan fingerprint density at radius 2 is 2.17 bits per heavy atom. The topological polar surface area (TPSA) is 112 Å². The summed E-state index contributed by atoms with van der Waals surface area (Å²) < 4.78 is 14.0. The lowest BCUT2D eigenvalue weighted by atomic mass is 10.1. The van der Waals surface area contributed by atoms with Gasteiger partial charge in [0, 0.05) is 6.08 Å². The molecule has 122 valence electrons. The van der Waals surface area contributed by atoms with E-state index < -0.39 is 5.79 Å². The first-order valence-corrected chi connectivity index (χ1v) is 7.57. The highest BCUT2D eigenvalue weighted by Gasteiger charge is 2.50. The Balaban J connectivity index is 1.81. The molecule has 0 saturated carbocycles. The molecule has 0 spiro atoms. The van der Waals surface area contributed by atoms with E-state index in [0.29, 0.717) is 17.0 Å². The summed E-state index contributed by atoms with van der Waals surface area (Å²) in [4.78, 5) is 12.6. The number of nitriles is 1. The monoisotopic (exact) mass is 324 g/mol. The number of nitrogens with two attached hydrogens (primary N) is 1. The third-order valence-corrected chi connectivity index (χ3v) is 4.22. The highest BCUT2D eigenvalue weighted by molar-refractivity contribution is 5.81. The Morgan fingerprint density at radius 3 is 2.96 bits per heavy atom.